The van der Waals surface area contributed by atoms with Crippen LogP contribution in [0.15, 0.2) is 65.3 Å². The van der Waals surface area contributed by atoms with Crippen LogP contribution in [0.25, 0.3) is 10.2 Å². The molecule has 0 saturated carbocycles. The van der Waals surface area contributed by atoms with E-state index in [2.05, 4.69) is 32.0 Å². The number of amides is 1. The molecule has 0 saturated heterocycles. The Morgan fingerprint density at radius 2 is 1.93 bits per heavy atom. The zero-order valence-electron chi connectivity index (χ0n) is 17.3. The van der Waals surface area contributed by atoms with Gasteiger partial charge in [-0.05, 0) is 47.4 Å². The monoisotopic (exact) mass is 420 g/mol. The van der Waals surface area contributed by atoms with Crippen molar-refractivity contribution >= 4 is 32.6 Å². The Morgan fingerprint density at radius 1 is 1.13 bits per heavy atom. The largest absolute Gasteiger partial charge is 0.497 e. The first-order valence-corrected chi connectivity index (χ1v) is 10.7. The average molecular weight is 421 g/mol. The summed E-state index contributed by atoms with van der Waals surface area (Å²) in [6.45, 7) is 4.66. The highest BCUT2D eigenvalue weighted by atomic mass is 32.1. The number of thiazole rings is 1. The maximum Gasteiger partial charge on any atom is 0.233 e. The lowest BCUT2D eigenvalue weighted by molar-refractivity contribution is -0.118. The first-order valence-electron chi connectivity index (χ1n) is 9.90. The Morgan fingerprint density at radius 3 is 2.60 bits per heavy atom. The highest BCUT2D eigenvalue weighted by Crippen LogP contribution is 2.34. The summed E-state index contributed by atoms with van der Waals surface area (Å²) in [6.07, 6.45) is 1.90. The third-order valence-corrected chi connectivity index (χ3v) is 6.04. The predicted octanol–water partition coefficient (Wildman–Crippen LogP) is 5.80. The topological polar surface area (TPSA) is 55.6 Å². The quantitative estimate of drug-likeness (QED) is 0.379. The molecule has 0 atom stereocenters. The lowest BCUT2D eigenvalue weighted by Crippen LogP contribution is -2.31. The van der Waals surface area contributed by atoms with E-state index in [0.717, 1.165) is 27.3 Å². The van der Waals surface area contributed by atoms with E-state index in [9.17, 15) is 4.79 Å². The number of hydrogen-bond acceptors (Lipinski definition) is 5. The second-order valence-electron chi connectivity index (χ2n) is 7.43. The molecule has 2 aromatic carbocycles. The fraction of sp³-hybridized carbons (Fsp3) is 0.250. The Kier molecular flexibility index (Phi) is 5.86. The number of carbonyl (C=O) groups excluding carboxylic acids is 1. The lowest BCUT2D eigenvalue weighted by atomic mass is 10.0. The van der Waals surface area contributed by atoms with Gasteiger partial charge in [-0.15, -0.1) is 0 Å². The van der Waals surface area contributed by atoms with Crippen molar-refractivity contribution in [2.45, 2.75) is 32.7 Å². The molecule has 0 aliphatic rings. The zero-order chi connectivity index (χ0) is 21.1. The van der Waals surface area contributed by atoms with Gasteiger partial charge in [0.1, 0.15) is 11.5 Å². The van der Waals surface area contributed by atoms with Gasteiger partial charge in [-0.25, -0.2) is 4.98 Å². The molecule has 0 aliphatic heterocycles. The van der Waals surface area contributed by atoms with Crippen LogP contribution < -0.4 is 9.64 Å². The zero-order valence-corrected chi connectivity index (χ0v) is 18.1. The maximum absolute atomic E-state index is 13.3. The van der Waals surface area contributed by atoms with Crippen molar-refractivity contribution < 1.29 is 13.9 Å². The highest BCUT2D eigenvalue weighted by Gasteiger charge is 2.22. The highest BCUT2D eigenvalue weighted by molar-refractivity contribution is 7.22. The van der Waals surface area contributed by atoms with Crippen LogP contribution in [0, 0.1) is 0 Å². The van der Waals surface area contributed by atoms with Crippen LogP contribution >= 0.6 is 11.3 Å². The summed E-state index contributed by atoms with van der Waals surface area (Å²) in [4.78, 5) is 19.9. The van der Waals surface area contributed by atoms with Gasteiger partial charge >= 0.3 is 0 Å². The van der Waals surface area contributed by atoms with Crippen LogP contribution in [-0.4, -0.2) is 18.0 Å². The minimum absolute atomic E-state index is 0.0262. The summed E-state index contributed by atoms with van der Waals surface area (Å²) >= 11 is 1.54. The molecule has 5 nitrogen and oxygen atoms in total. The number of aromatic nitrogens is 1. The maximum atomic E-state index is 13.3. The molecule has 6 heteroatoms. The Bertz CT molecular complexity index is 1130. The van der Waals surface area contributed by atoms with Crippen molar-refractivity contribution in [2.75, 3.05) is 12.0 Å². The van der Waals surface area contributed by atoms with Crippen molar-refractivity contribution in [3.05, 3.63) is 77.7 Å². The first-order chi connectivity index (χ1) is 14.5. The molecule has 4 rings (SSSR count). The fourth-order valence-electron chi connectivity index (χ4n) is 3.37. The molecule has 154 valence electrons. The normalized spacial score (nSPS) is 11.2. The van der Waals surface area contributed by atoms with E-state index < -0.39 is 0 Å². The molecular weight excluding hydrogens is 396 g/mol. The van der Waals surface area contributed by atoms with E-state index in [1.807, 2.05) is 36.4 Å². The summed E-state index contributed by atoms with van der Waals surface area (Å²) in [5.74, 6) is 1.83. The van der Waals surface area contributed by atoms with E-state index in [-0.39, 0.29) is 12.3 Å². The number of nitrogens with zero attached hydrogens (tertiary/aromatic N) is 2. The van der Waals surface area contributed by atoms with Gasteiger partial charge in [0, 0.05) is 0 Å². The summed E-state index contributed by atoms with van der Waals surface area (Å²) < 4.78 is 11.8. The summed E-state index contributed by atoms with van der Waals surface area (Å²) in [7, 11) is 1.63. The third-order valence-electron chi connectivity index (χ3n) is 5.00. The Balaban J connectivity index is 1.68. The second-order valence-corrected chi connectivity index (χ2v) is 8.44. The Hall–Kier alpha value is -3.12. The van der Waals surface area contributed by atoms with Gasteiger partial charge in [0.05, 0.1) is 36.6 Å². The second kappa shape index (κ2) is 8.71. The molecule has 0 unspecified atom stereocenters. The minimum atomic E-state index is -0.0262. The van der Waals surface area contributed by atoms with Gasteiger partial charge in [0.25, 0.3) is 0 Å². The van der Waals surface area contributed by atoms with Crippen LogP contribution in [0.5, 0.6) is 5.75 Å². The van der Waals surface area contributed by atoms with Gasteiger partial charge < -0.3 is 9.15 Å². The van der Waals surface area contributed by atoms with Gasteiger partial charge in [-0.3, -0.25) is 9.69 Å². The van der Waals surface area contributed by atoms with E-state index in [0.29, 0.717) is 17.6 Å². The van der Waals surface area contributed by atoms with Crippen molar-refractivity contribution in [1.82, 2.24) is 4.98 Å². The molecule has 0 spiro atoms. The number of methoxy groups -OCH3 is 1. The number of para-hydroxylation sites is 1. The van der Waals surface area contributed by atoms with Gasteiger partial charge in [0.15, 0.2) is 5.13 Å². The molecular formula is C24H24N2O3S. The van der Waals surface area contributed by atoms with Crippen LogP contribution in [0.4, 0.5) is 5.13 Å². The minimum Gasteiger partial charge on any atom is -0.497 e. The number of benzene rings is 2. The number of carbonyl (C=O) groups is 1. The molecule has 1 amide bonds. The van der Waals surface area contributed by atoms with Crippen LogP contribution in [0.1, 0.15) is 36.7 Å². The molecule has 0 radical (unpaired) electrons. The predicted molar refractivity (Wildman–Crippen MR) is 120 cm³/mol. The first kappa shape index (κ1) is 20.2. The van der Waals surface area contributed by atoms with Crippen LogP contribution in [0.3, 0.4) is 0 Å². The average Bonchev–Trinajstić information content (AvgIpc) is 3.41. The molecule has 30 heavy (non-hydrogen) atoms. The number of furan rings is 1. The Labute approximate surface area is 179 Å². The summed E-state index contributed by atoms with van der Waals surface area (Å²) in [5, 5.41) is 0.688. The van der Waals surface area contributed by atoms with Gasteiger partial charge in [0.2, 0.25) is 5.91 Å². The van der Waals surface area contributed by atoms with Crippen molar-refractivity contribution in [3.63, 3.8) is 0 Å². The number of anilines is 1. The van der Waals surface area contributed by atoms with E-state index in [4.69, 9.17) is 14.1 Å². The van der Waals surface area contributed by atoms with Crippen molar-refractivity contribution in [1.29, 1.82) is 0 Å². The van der Waals surface area contributed by atoms with Crippen molar-refractivity contribution in [2.24, 2.45) is 0 Å². The number of fused-ring (bicyclic) bond motifs is 1. The van der Waals surface area contributed by atoms with E-state index in [1.165, 1.54) is 16.9 Å². The standard InChI is InChI=1S/C24H24N2O3S/c1-16(2)20-7-4-8-21-23(20)25-24(30-21)26(15-19-6-5-13-29-19)22(27)14-17-9-11-18(28-3)12-10-17/h4-13,16H,14-15H2,1-3H3. The molecule has 0 N–H and O–H groups in total. The smallest absolute Gasteiger partial charge is 0.233 e. The number of hydrogen-bond donors (Lipinski definition) is 0. The lowest BCUT2D eigenvalue weighted by Gasteiger charge is -2.19. The number of ether oxygens (including phenoxy) is 1. The summed E-state index contributed by atoms with van der Waals surface area (Å²) in [5.41, 5.74) is 3.08. The van der Waals surface area contributed by atoms with E-state index in [1.54, 1.807) is 18.3 Å². The fourth-order valence-corrected chi connectivity index (χ4v) is 4.39. The molecule has 0 fully saturated rings. The third kappa shape index (κ3) is 4.24. The molecule has 0 bridgehead atoms. The van der Waals surface area contributed by atoms with Gasteiger partial charge in [-0.2, -0.15) is 0 Å². The van der Waals surface area contributed by atoms with Crippen LogP contribution in [0.2, 0.25) is 0 Å². The number of rotatable bonds is 7. The molecule has 4 aromatic rings. The summed E-state index contributed by atoms with van der Waals surface area (Å²) in [6, 6.07) is 17.5. The van der Waals surface area contributed by atoms with Crippen molar-refractivity contribution in [3.8, 4) is 5.75 Å². The molecule has 2 aromatic heterocycles. The van der Waals surface area contributed by atoms with E-state index >= 15 is 0 Å². The van der Waals surface area contributed by atoms with Gasteiger partial charge in [-0.1, -0.05) is 49.4 Å². The van der Waals surface area contributed by atoms with Crippen LogP contribution in [-0.2, 0) is 17.8 Å². The molecule has 0 aliphatic carbocycles. The molecule has 2 heterocycles. The SMILES string of the molecule is COc1ccc(CC(=O)N(Cc2ccco2)c2nc3c(C(C)C)cccc3s2)cc1.